The standard InChI is InChI=1S/C21H28N4O5/c1-14(2)9-17(25-21(28)30-12-15-7-5-4-6-8-15)19(26)24-18(20(27)29-3)10-16-11-22-13-23-16/h4-8,11,13-14,17-18H,9-10,12H2,1-3H3,(H,22,23)(H,24,26)(H,25,28)/t17-,18+/m0/s1. The van der Waals surface area contributed by atoms with Gasteiger partial charge < -0.3 is 25.1 Å². The average molecular weight is 416 g/mol. The van der Waals surface area contributed by atoms with Crippen LogP contribution in [0.15, 0.2) is 42.9 Å². The summed E-state index contributed by atoms with van der Waals surface area (Å²) < 4.78 is 10.0. The van der Waals surface area contributed by atoms with Crippen LogP contribution < -0.4 is 10.6 Å². The van der Waals surface area contributed by atoms with E-state index in [1.165, 1.54) is 13.4 Å². The van der Waals surface area contributed by atoms with E-state index < -0.39 is 30.1 Å². The topological polar surface area (TPSA) is 122 Å². The summed E-state index contributed by atoms with van der Waals surface area (Å²) in [4.78, 5) is 44.0. The number of nitrogens with zero attached hydrogens (tertiary/aromatic N) is 1. The first-order chi connectivity index (χ1) is 14.4. The van der Waals surface area contributed by atoms with Crippen molar-refractivity contribution < 1.29 is 23.9 Å². The molecule has 162 valence electrons. The number of benzene rings is 1. The van der Waals surface area contributed by atoms with Crippen LogP contribution in [0.2, 0.25) is 0 Å². The lowest BCUT2D eigenvalue weighted by Crippen LogP contribution is -2.53. The van der Waals surface area contributed by atoms with Gasteiger partial charge in [-0.05, 0) is 17.9 Å². The number of esters is 1. The molecule has 3 N–H and O–H groups in total. The molecule has 2 rings (SSSR count). The smallest absolute Gasteiger partial charge is 0.408 e. The number of rotatable bonds is 10. The number of nitrogens with one attached hydrogen (secondary N) is 3. The molecule has 0 aliphatic carbocycles. The van der Waals surface area contributed by atoms with Gasteiger partial charge in [-0.25, -0.2) is 14.6 Å². The molecule has 2 atom stereocenters. The molecule has 2 aromatic rings. The number of ether oxygens (including phenoxy) is 2. The number of aromatic amines is 1. The second-order valence-corrected chi connectivity index (χ2v) is 7.25. The van der Waals surface area contributed by atoms with E-state index in [0.717, 1.165) is 5.56 Å². The molecule has 1 aromatic carbocycles. The Morgan fingerprint density at radius 2 is 1.83 bits per heavy atom. The molecule has 30 heavy (non-hydrogen) atoms. The predicted octanol–water partition coefficient (Wildman–Crippen LogP) is 1.95. The predicted molar refractivity (Wildman–Crippen MR) is 109 cm³/mol. The van der Waals surface area contributed by atoms with Crippen molar-refractivity contribution in [2.24, 2.45) is 5.92 Å². The van der Waals surface area contributed by atoms with Crippen molar-refractivity contribution in [3.8, 4) is 0 Å². The maximum absolute atomic E-state index is 12.8. The van der Waals surface area contributed by atoms with E-state index >= 15 is 0 Å². The first-order valence-corrected chi connectivity index (χ1v) is 9.71. The molecule has 2 amide bonds. The Hall–Kier alpha value is -3.36. The molecule has 0 spiro atoms. The van der Waals surface area contributed by atoms with Crippen LogP contribution in [0.4, 0.5) is 4.79 Å². The highest BCUT2D eigenvalue weighted by Crippen LogP contribution is 2.08. The van der Waals surface area contributed by atoms with E-state index in [2.05, 4.69) is 20.6 Å². The van der Waals surface area contributed by atoms with Crippen LogP contribution >= 0.6 is 0 Å². The second kappa shape index (κ2) is 11.6. The number of hydrogen-bond acceptors (Lipinski definition) is 6. The minimum atomic E-state index is -0.917. The molecule has 1 heterocycles. The van der Waals surface area contributed by atoms with Crippen LogP contribution in [0, 0.1) is 5.92 Å². The summed E-state index contributed by atoms with van der Waals surface area (Å²) in [6.07, 6.45) is 2.91. The molecular formula is C21H28N4O5. The first kappa shape index (κ1) is 22.9. The molecule has 0 saturated heterocycles. The number of aromatic nitrogens is 2. The highest BCUT2D eigenvalue weighted by Gasteiger charge is 2.28. The van der Waals surface area contributed by atoms with E-state index in [-0.39, 0.29) is 18.9 Å². The largest absolute Gasteiger partial charge is 0.467 e. The van der Waals surface area contributed by atoms with Crippen LogP contribution in [0.25, 0.3) is 0 Å². The molecule has 0 fully saturated rings. The minimum absolute atomic E-state index is 0.0906. The number of imidazole rings is 1. The van der Waals surface area contributed by atoms with Gasteiger partial charge in [-0.2, -0.15) is 0 Å². The molecule has 0 unspecified atom stereocenters. The van der Waals surface area contributed by atoms with Gasteiger partial charge in [0, 0.05) is 18.3 Å². The summed E-state index contributed by atoms with van der Waals surface area (Å²) in [5.41, 5.74) is 1.50. The summed E-state index contributed by atoms with van der Waals surface area (Å²) in [6, 6.07) is 7.45. The van der Waals surface area contributed by atoms with E-state index in [1.807, 2.05) is 44.2 Å². The Balaban J connectivity index is 1.99. The highest BCUT2D eigenvalue weighted by atomic mass is 16.5. The van der Waals surface area contributed by atoms with Crippen molar-refractivity contribution in [1.29, 1.82) is 0 Å². The number of carbonyl (C=O) groups is 3. The second-order valence-electron chi connectivity index (χ2n) is 7.25. The van der Waals surface area contributed by atoms with Crippen LogP contribution in [-0.4, -0.2) is 47.1 Å². The number of H-pyrrole nitrogens is 1. The lowest BCUT2D eigenvalue weighted by molar-refractivity contribution is -0.145. The number of hydrogen-bond donors (Lipinski definition) is 3. The Morgan fingerprint density at radius 1 is 1.10 bits per heavy atom. The highest BCUT2D eigenvalue weighted by molar-refractivity contribution is 5.89. The summed E-state index contributed by atoms with van der Waals surface area (Å²) in [5.74, 6) is -0.956. The van der Waals surface area contributed by atoms with Crippen molar-refractivity contribution in [3.05, 3.63) is 54.1 Å². The van der Waals surface area contributed by atoms with Gasteiger partial charge in [-0.3, -0.25) is 4.79 Å². The number of amides is 2. The van der Waals surface area contributed by atoms with E-state index in [1.54, 1.807) is 6.20 Å². The van der Waals surface area contributed by atoms with E-state index in [4.69, 9.17) is 9.47 Å². The summed E-state index contributed by atoms with van der Waals surface area (Å²) in [7, 11) is 1.25. The van der Waals surface area contributed by atoms with Crippen molar-refractivity contribution in [2.45, 2.75) is 45.4 Å². The van der Waals surface area contributed by atoms with E-state index in [9.17, 15) is 14.4 Å². The maximum atomic E-state index is 12.8. The van der Waals surface area contributed by atoms with Crippen LogP contribution in [-0.2, 0) is 32.1 Å². The van der Waals surface area contributed by atoms with Crippen LogP contribution in [0.1, 0.15) is 31.5 Å². The van der Waals surface area contributed by atoms with Gasteiger partial charge in [0.25, 0.3) is 0 Å². The van der Waals surface area contributed by atoms with Gasteiger partial charge in [-0.15, -0.1) is 0 Å². The van der Waals surface area contributed by atoms with Crippen LogP contribution in [0.3, 0.4) is 0 Å². The Morgan fingerprint density at radius 3 is 2.43 bits per heavy atom. The Bertz CT molecular complexity index is 808. The molecule has 9 nitrogen and oxygen atoms in total. The summed E-state index contributed by atoms with van der Waals surface area (Å²) in [6.45, 7) is 3.95. The monoisotopic (exact) mass is 416 g/mol. The normalized spacial score (nSPS) is 12.7. The van der Waals surface area contributed by atoms with Gasteiger partial charge in [0.05, 0.1) is 13.4 Å². The third-order valence-electron chi connectivity index (χ3n) is 4.31. The zero-order chi connectivity index (χ0) is 21.9. The fourth-order valence-corrected chi connectivity index (χ4v) is 2.83. The zero-order valence-electron chi connectivity index (χ0n) is 17.4. The molecule has 1 aromatic heterocycles. The van der Waals surface area contributed by atoms with E-state index in [0.29, 0.717) is 12.1 Å². The third kappa shape index (κ3) is 7.57. The minimum Gasteiger partial charge on any atom is -0.467 e. The lowest BCUT2D eigenvalue weighted by atomic mass is 10.0. The number of methoxy groups -OCH3 is 1. The van der Waals surface area contributed by atoms with Gasteiger partial charge >= 0.3 is 12.1 Å². The Labute approximate surface area is 175 Å². The van der Waals surface area contributed by atoms with Gasteiger partial charge in [0.1, 0.15) is 18.7 Å². The summed E-state index contributed by atoms with van der Waals surface area (Å²) >= 11 is 0. The van der Waals surface area contributed by atoms with Crippen LogP contribution in [0.5, 0.6) is 0 Å². The molecule has 0 aliphatic rings. The first-order valence-electron chi connectivity index (χ1n) is 9.71. The fraction of sp³-hybridized carbons (Fsp3) is 0.429. The fourth-order valence-electron chi connectivity index (χ4n) is 2.83. The van der Waals surface area contributed by atoms with Crippen molar-refractivity contribution >= 4 is 18.0 Å². The van der Waals surface area contributed by atoms with Gasteiger partial charge in [0.2, 0.25) is 5.91 Å². The van der Waals surface area contributed by atoms with Crippen molar-refractivity contribution in [1.82, 2.24) is 20.6 Å². The van der Waals surface area contributed by atoms with Crippen molar-refractivity contribution in [3.63, 3.8) is 0 Å². The average Bonchev–Trinajstić information content (AvgIpc) is 3.24. The summed E-state index contributed by atoms with van der Waals surface area (Å²) in [5, 5.41) is 5.25. The molecular weight excluding hydrogens is 388 g/mol. The number of carbonyl (C=O) groups excluding carboxylic acids is 3. The quantitative estimate of drug-likeness (QED) is 0.509. The lowest BCUT2D eigenvalue weighted by Gasteiger charge is -2.23. The Kier molecular flexibility index (Phi) is 8.86. The van der Waals surface area contributed by atoms with Gasteiger partial charge in [0.15, 0.2) is 0 Å². The third-order valence-corrected chi connectivity index (χ3v) is 4.31. The SMILES string of the molecule is COC(=O)[C@@H](Cc1cnc[nH]1)NC(=O)[C@H](CC(C)C)NC(=O)OCc1ccccc1. The molecule has 0 bridgehead atoms. The molecule has 0 aliphatic heterocycles. The molecule has 9 heteroatoms. The number of alkyl carbamates (subject to hydrolysis) is 1. The molecule has 0 radical (unpaired) electrons. The van der Waals surface area contributed by atoms with Gasteiger partial charge in [-0.1, -0.05) is 44.2 Å². The van der Waals surface area contributed by atoms with Crippen molar-refractivity contribution in [2.75, 3.05) is 7.11 Å². The molecule has 0 saturated carbocycles. The maximum Gasteiger partial charge on any atom is 0.408 e. The zero-order valence-corrected chi connectivity index (χ0v) is 17.4.